The number of nitrogens with zero attached hydrogens (tertiary/aromatic N) is 3. The van der Waals surface area contributed by atoms with Gasteiger partial charge in [-0.15, -0.1) is 0 Å². The Bertz CT molecular complexity index is 331. The predicted octanol–water partition coefficient (Wildman–Crippen LogP) is 2.18. The first-order valence-corrected chi connectivity index (χ1v) is 7.52. The zero-order chi connectivity index (χ0) is 15.9. The van der Waals surface area contributed by atoms with Gasteiger partial charge >= 0.3 is 6.18 Å². The summed E-state index contributed by atoms with van der Waals surface area (Å²) in [6.45, 7) is 4.42. The molecule has 1 aliphatic rings. The smallest absolute Gasteiger partial charge is 0.356 e. The molecule has 7 heteroatoms. The Balaban J connectivity index is 2.24. The second-order valence-electron chi connectivity index (χ2n) is 5.87. The van der Waals surface area contributed by atoms with Crippen molar-refractivity contribution >= 4 is 5.96 Å². The molecule has 1 heterocycles. The molecule has 1 fully saturated rings. The molecule has 1 unspecified atom stereocenters. The SMILES string of the molecule is CN=C(NCCCN(C)CC(F)(F)F)N1CCCC(C)C1. The Morgan fingerprint density at radius 2 is 2.14 bits per heavy atom. The van der Waals surface area contributed by atoms with Gasteiger partial charge in [-0.2, -0.15) is 13.2 Å². The van der Waals surface area contributed by atoms with Gasteiger partial charge in [-0.25, -0.2) is 0 Å². The molecule has 0 spiro atoms. The van der Waals surface area contributed by atoms with Crippen LogP contribution in [0.4, 0.5) is 13.2 Å². The molecule has 0 bridgehead atoms. The standard InChI is InChI=1S/C14H27F3N4/c1-12-6-4-9-21(10-12)13(18-2)19-7-5-8-20(3)11-14(15,16)17/h12H,4-11H2,1-3H3,(H,18,19). The van der Waals surface area contributed by atoms with E-state index >= 15 is 0 Å². The van der Waals surface area contributed by atoms with Crippen LogP contribution < -0.4 is 5.32 Å². The summed E-state index contributed by atoms with van der Waals surface area (Å²) < 4.78 is 36.6. The van der Waals surface area contributed by atoms with E-state index < -0.39 is 12.7 Å². The summed E-state index contributed by atoms with van der Waals surface area (Å²) in [5.74, 6) is 1.52. The van der Waals surface area contributed by atoms with E-state index in [0.717, 1.165) is 25.5 Å². The molecule has 1 aliphatic heterocycles. The van der Waals surface area contributed by atoms with Gasteiger partial charge in [-0.05, 0) is 38.8 Å². The van der Waals surface area contributed by atoms with Crippen molar-refractivity contribution in [3.05, 3.63) is 0 Å². The highest BCUT2D eigenvalue weighted by Crippen LogP contribution is 2.16. The summed E-state index contributed by atoms with van der Waals surface area (Å²) in [4.78, 5) is 7.79. The molecule has 0 aliphatic carbocycles. The second kappa shape index (κ2) is 8.46. The largest absolute Gasteiger partial charge is 0.401 e. The normalized spacial score (nSPS) is 21.0. The van der Waals surface area contributed by atoms with Crippen LogP contribution in [-0.4, -0.2) is 68.8 Å². The van der Waals surface area contributed by atoms with Gasteiger partial charge in [0.25, 0.3) is 0 Å². The van der Waals surface area contributed by atoms with Crippen molar-refractivity contribution in [2.75, 3.05) is 46.8 Å². The van der Waals surface area contributed by atoms with Gasteiger partial charge in [0.15, 0.2) is 5.96 Å². The molecule has 4 nitrogen and oxygen atoms in total. The van der Waals surface area contributed by atoms with E-state index in [1.807, 2.05) is 0 Å². The first kappa shape index (κ1) is 18.1. The average Bonchev–Trinajstić information content (AvgIpc) is 2.36. The summed E-state index contributed by atoms with van der Waals surface area (Å²) in [6, 6.07) is 0. The van der Waals surface area contributed by atoms with Crippen LogP contribution >= 0.6 is 0 Å². The van der Waals surface area contributed by atoms with Crippen molar-refractivity contribution < 1.29 is 13.2 Å². The fourth-order valence-corrected chi connectivity index (χ4v) is 2.65. The summed E-state index contributed by atoms with van der Waals surface area (Å²) in [5.41, 5.74) is 0. The molecule has 0 saturated carbocycles. The first-order valence-electron chi connectivity index (χ1n) is 7.52. The Labute approximate surface area is 125 Å². The predicted molar refractivity (Wildman–Crippen MR) is 79.5 cm³/mol. The molecular formula is C14H27F3N4. The van der Waals surface area contributed by atoms with E-state index in [1.165, 1.54) is 18.4 Å². The molecule has 0 aromatic carbocycles. The number of guanidine groups is 1. The van der Waals surface area contributed by atoms with E-state index in [0.29, 0.717) is 25.4 Å². The number of likely N-dealkylation sites (tertiary alicyclic amines) is 1. The van der Waals surface area contributed by atoms with Crippen molar-refractivity contribution in [1.29, 1.82) is 0 Å². The third kappa shape index (κ3) is 7.55. The van der Waals surface area contributed by atoms with Crippen molar-refractivity contribution in [1.82, 2.24) is 15.1 Å². The van der Waals surface area contributed by atoms with Crippen LogP contribution in [0.25, 0.3) is 0 Å². The van der Waals surface area contributed by atoms with Gasteiger partial charge < -0.3 is 10.2 Å². The lowest BCUT2D eigenvalue weighted by Crippen LogP contribution is -2.46. The van der Waals surface area contributed by atoms with Crippen LogP contribution in [0, 0.1) is 5.92 Å². The number of piperidine rings is 1. The molecule has 1 N–H and O–H groups in total. The lowest BCUT2D eigenvalue weighted by atomic mass is 10.0. The minimum Gasteiger partial charge on any atom is -0.356 e. The molecule has 0 aromatic rings. The molecular weight excluding hydrogens is 281 g/mol. The van der Waals surface area contributed by atoms with E-state index in [2.05, 4.69) is 22.1 Å². The van der Waals surface area contributed by atoms with Gasteiger partial charge in [-0.3, -0.25) is 9.89 Å². The maximum absolute atomic E-state index is 12.2. The monoisotopic (exact) mass is 308 g/mol. The molecule has 124 valence electrons. The maximum atomic E-state index is 12.2. The number of halogens is 3. The highest BCUT2D eigenvalue weighted by molar-refractivity contribution is 5.79. The molecule has 1 saturated heterocycles. The zero-order valence-electron chi connectivity index (χ0n) is 13.2. The van der Waals surface area contributed by atoms with E-state index in [4.69, 9.17) is 0 Å². The molecule has 0 aromatic heterocycles. The molecule has 1 atom stereocenters. The van der Waals surface area contributed by atoms with E-state index in [1.54, 1.807) is 7.05 Å². The fraction of sp³-hybridized carbons (Fsp3) is 0.929. The van der Waals surface area contributed by atoms with Crippen molar-refractivity contribution in [2.45, 2.75) is 32.4 Å². The minimum absolute atomic E-state index is 0.417. The number of hydrogen-bond acceptors (Lipinski definition) is 2. The Morgan fingerprint density at radius 3 is 2.71 bits per heavy atom. The highest BCUT2D eigenvalue weighted by Gasteiger charge is 2.28. The maximum Gasteiger partial charge on any atom is 0.401 e. The highest BCUT2D eigenvalue weighted by atomic mass is 19.4. The van der Waals surface area contributed by atoms with Crippen molar-refractivity contribution in [2.24, 2.45) is 10.9 Å². The number of rotatable bonds is 5. The molecule has 21 heavy (non-hydrogen) atoms. The Morgan fingerprint density at radius 1 is 1.43 bits per heavy atom. The van der Waals surface area contributed by atoms with Gasteiger partial charge in [-0.1, -0.05) is 6.92 Å². The molecule has 0 radical (unpaired) electrons. The van der Waals surface area contributed by atoms with Crippen LogP contribution in [0.2, 0.25) is 0 Å². The second-order valence-corrected chi connectivity index (χ2v) is 5.87. The van der Waals surface area contributed by atoms with Gasteiger partial charge in [0.1, 0.15) is 0 Å². The van der Waals surface area contributed by atoms with Crippen molar-refractivity contribution in [3.8, 4) is 0 Å². The zero-order valence-corrected chi connectivity index (χ0v) is 13.2. The van der Waals surface area contributed by atoms with Crippen LogP contribution in [0.15, 0.2) is 4.99 Å². The van der Waals surface area contributed by atoms with Crippen LogP contribution in [0.1, 0.15) is 26.2 Å². The topological polar surface area (TPSA) is 30.9 Å². The minimum atomic E-state index is -4.12. The van der Waals surface area contributed by atoms with Crippen LogP contribution in [-0.2, 0) is 0 Å². The average molecular weight is 308 g/mol. The molecule has 0 amide bonds. The van der Waals surface area contributed by atoms with Gasteiger partial charge in [0.2, 0.25) is 0 Å². The summed E-state index contributed by atoms with van der Waals surface area (Å²) >= 11 is 0. The van der Waals surface area contributed by atoms with Crippen LogP contribution in [0.3, 0.4) is 0 Å². The van der Waals surface area contributed by atoms with Gasteiger partial charge in [0, 0.05) is 26.7 Å². The number of nitrogens with one attached hydrogen (secondary N) is 1. The third-order valence-corrected chi connectivity index (χ3v) is 3.62. The summed E-state index contributed by atoms with van der Waals surface area (Å²) in [5, 5.41) is 3.25. The number of aliphatic imine (C=N–C) groups is 1. The molecule has 1 rings (SSSR count). The third-order valence-electron chi connectivity index (χ3n) is 3.62. The Hall–Kier alpha value is -0.980. The lowest BCUT2D eigenvalue weighted by molar-refractivity contribution is -0.143. The van der Waals surface area contributed by atoms with Crippen LogP contribution in [0.5, 0.6) is 0 Å². The van der Waals surface area contributed by atoms with E-state index in [9.17, 15) is 13.2 Å². The first-order chi connectivity index (χ1) is 9.81. The lowest BCUT2D eigenvalue weighted by Gasteiger charge is -2.33. The quantitative estimate of drug-likeness (QED) is 0.480. The summed E-state index contributed by atoms with van der Waals surface area (Å²) in [6.07, 6.45) is -1.05. The summed E-state index contributed by atoms with van der Waals surface area (Å²) in [7, 11) is 3.24. The number of hydrogen-bond donors (Lipinski definition) is 1. The fourth-order valence-electron chi connectivity index (χ4n) is 2.65. The Kier molecular flexibility index (Phi) is 7.28. The van der Waals surface area contributed by atoms with Gasteiger partial charge in [0.05, 0.1) is 6.54 Å². The van der Waals surface area contributed by atoms with E-state index in [-0.39, 0.29) is 0 Å². The van der Waals surface area contributed by atoms with Crippen molar-refractivity contribution in [3.63, 3.8) is 0 Å². The number of alkyl halides is 3.